The Morgan fingerprint density at radius 1 is 1.11 bits per heavy atom. The Morgan fingerprint density at radius 2 is 1.82 bits per heavy atom. The largest absolute Gasteiger partial charge is 0.433 e. The number of aromatic nitrogens is 2. The maximum absolute atomic E-state index is 12.5. The molecular formula is C19H19N5O4. The molecule has 0 saturated carbocycles. The first-order valence-corrected chi connectivity index (χ1v) is 8.92. The normalized spacial score (nSPS) is 14.3. The summed E-state index contributed by atoms with van der Waals surface area (Å²) in [7, 11) is 0. The third-order valence-electron chi connectivity index (χ3n) is 4.77. The number of furan rings is 1. The molecule has 3 aromatic rings. The molecule has 9 nitrogen and oxygen atoms in total. The van der Waals surface area contributed by atoms with Crippen LogP contribution < -0.4 is 4.90 Å². The van der Waals surface area contributed by atoms with Gasteiger partial charge in [0.1, 0.15) is 4.92 Å². The lowest BCUT2D eigenvalue weighted by atomic mass is 10.2. The van der Waals surface area contributed by atoms with Crippen LogP contribution in [0.5, 0.6) is 0 Å². The van der Waals surface area contributed by atoms with Crippen LogP contribution in [0.25, 0.3) is 5.69 Å². The number of benzene rings is 1. The monoisotopic (exact) mass is 381 g/mol. The molecule has 0 bridgehead atoms. The minimum absolute atomic E-state index is 0.0127. The SMILES string of the molecule is Cc1ccc(-n2ccnc2N2CCN(C(=O)c3ccc([N+](=O)[O-])o3)CC2)cc1. The van der Waals surface area contributed by atoms with Crippen LogP contribution in [0, 0.1) is 17.0 Å². The van der Waals surface area contributed by atoms with Gasteiger partial charge in [0.25, 0.3) is 5.91 Å². The van der Waals surface area contributed by atoms with Gasteiger partial charge < -0.3 is 14.2 Å². The summed E-state index contributed by atoms with van der Waals surface area (Å²) in [5, 5.41) is 10.7. The van der Waals surface area contributed by atoms with Gasteiger partial charge in [-0.3, -0.25) is 19.5 Å². The zero-order chi connectivity index (χ0) is 19.7. The van der Waals surface area contributed by atoms with E-state index in [1.54, 1.807) is 11.1 Å². The second kappa shape index (κ2) is 7.18. The summed E-state index contributed by atoms with van der Waals surface area (Å²) < 4.78 is 7.05. The summed E-state index contributed by atoms with van der Waals surface area (Å²) in [6.07, 6.45) is 3.67. The van der Waals surface area contributed by atoms with Gasteiger partial charge in [-0.05, 0) is 25.1 Å². The molecule has 0 aliphatic carbocycles. The minimum atomic E-state index is -0.653. The molecule has 1 aliphatic heterocycles. The fourth-order valence-electron chi connectivity index (χ4n) is 3.24. The molecule has 0 radical (unpaired) electrons. The highest BCUT2D eigenvalue weighted by Gasteiger charge is 2.27. The highest BCUT2D eigenvalue weighted by Crippen LogP contribution is 2.22. The molecule has 1 saturated heterocycles. The van der Waals surface area contributed by atoms with E-state index in [0.29, 0.717) is 26.2 Å². The Labute approximate surface area is 160 Å². The van der Waals surface area contributed by atoms with E-state index in [1.165, 1.54) is 17.7 Å². The maximum atomic E-state index is 12.5. The van der Waals surface area contributed by atoms with Crippen molar-refractivity contribution in [2.45, 2.75) is 6.92 Å². The van der Waals surface area contributed by atoms with Gasteiger partial charge >= 0.3 is 5.88 Å². The lowest BCUT2D eigenvalue weighted by molar-refractivity contribution is -0.402. The molecule has 0 unspecified atom stereocenters. The molecular weight excluding hydrogens is 362 g/mol. The van der Waals surface area contributed by atoms with E-state index in [9.17, 15) is 14.9 Å². The van der Waals surface area contributed by atoms with Crippen LogP contribution in [0.3, 0.4) is 0 Å². The van der Waals surface area contributed by atoms with Crippen LogP contribution in [0.1, 0.15) is 16.1 Å². The number of rotatable bonds is 4. The number of hydrogen-bond donors (Lipinski definition) is 0. The molecule has 9 heteroatoms. The summed E-state index contributed by atoms with van der Waals surface area (Å²) in [6.45, 7) is 4.22. The second-order valence-corrected chi connectivity index (χ2v) is 6.61. The molecule has 3 heterocycles. The van der Waals surface area contributed by atoms with Gasteiger partial charge in [-0.1, -0.05) is 17.7 Å². The van der Waals surface area contributed by atoms with Crippen LogP contribution >= 0.6 is 0 Å². The summed E-state index contributed by atoms with van der Waals surface area (Å²) in [5.74, 6) is 0.0441. The Morgan fingerprint density at radius 3 is 2.46 bits per heavy atom. The van der Waals surface area contributed by atoms with Gasteiger partial charge in [-0.25, -0.2) is 4.98 Å². The number of carbonyl (C=O) groups excluding carboxylic acids is 1. The average Bonchev–Trinajstić information content (AvgIpc) is 3.38. The number of piperazine rings is 1. The van der Waals surface area contributed by atoms with Crippen LogP contribution in [0.4, 0.5) is 11.8 Å². The first-order valence-electron chi connectivity index (χ1n) is 8.92. The summed E-state index contributed by atoms with van der Waals surface area (Å²) in [4.78, 5) is 30.8. The van der Waals surface area contributed by atoms with Crippen molar-refractivity contribution >= 4 is 17.7 Å². The molecule has 1 amide bonds. The number of hydrogen-bond acceptors (Lipinski definition) is 6. The van der Waals surface area contributed by atoms with E-state index < -0.39 is 10.8 Å². The van der Waals surface area contributed by atoms with Gasteiger partial charge in [0.05, 0.1) is 6.07 Å². The Balaban J connectivity index is 1.45. The van der Waals surface area contributed by atoms with Crippen LogP contribution in [0.2, 0.25) is 0 Å². The van der Waals surface area contributed by atoms with Crippen molar-refractivity contribution in [2.24, 2.45) is 0 Å². The van der Waals surface area contributed by atoms with E-state index in [-0.39, 0.29) is 11.7 Å². The van der Waals surface area contributed by atoms with Gasteiger partial charge in [0.15, 0.2) is 5.76 Å². The summed E-state index contributed by atoms with van der Waals surface area (Å²) >= 11 is 0. The Hall–Kier alpha value is -3.62. The number of nitrogens with zero attached hydrogens (tertiary/aromatic N) is 5. The highest BCUT2D eigenvalue weighted by atomic mass is 16.6. The lowest BCUT2D eigenvalue weighted by Crippen LogP contribution is -2.49. The van der Waals surface area contributed by atoms with E-state index in [2.05, 4.69) is 22.0 Å². The second-order valence-electron chi connectivity index (χ2n) is 6.61. The predicted octanol–water partition coefficient (Wildman–Crippen LogP) is 2.64. The molecule has 0 atom stereocenters. The van der Waals surface area contributed by atoms with Crippen molar-refractivity contribution < 1.29 is 14.1 Å². The predicted molar refractivity (Wildman–Crippen MR) is 102 cm³/mol. The lowest BCUT2D eigenvalue weighted by Gasteiger charge is -2.35. The third kappa shape index (κ3) is 3.34. The first kappa shape index (κ1) is 17.8. The van der Waals surface area contributed by atoms with Crippen LogP contribution in [0.15, 0.2) is 53.2 Å². The number of imidazole rings is 1. The van der Waals surface area contributed by atoms with E-state index in [0.717, 1.165) is 11.6 Å². The molecule has 28 heavy (non-hydrogen) atoms. The fourth-order valence-corrected chi connectivity index (χ4v) is 3.24. The molecule has 4 rings (SSSR count). The van der Waals surface area contributed by atoms with E-state index in [4.69, 9.17) is 4.42 Å². The van der Waals surface area contributed by atoms with Crippen LogP contribution in [-0.2, 0) is 0 Å². The van der Waals surface area contributed by atoms with Gasteiger partial charge in [0, 0.05) is 44.3 Å². The number of nitro groups is 1. The van der Waals surface area contributed by atoms with Crippen molar-refractivity contribution in [3.63, 3.8) is 0 Å². The first-order chi connectivity index (χ1) is 13.5. The molecule has 1 aliphatic rings. The molecule has 1 aromatic carbocycles. The van der Waals surface area contributed by atoms with Gasteiger partial charge in [-0.2, -0.15) is 0 Å². The fraction of sp³-hybridized carbons (Fsp3) is 0.263. The molecule has 1 fully saturated rings. The maximum Gasteiger partial charge on any atom is 0.433 e. The number of amides is 1. The van der Waals surface area contributed by atoms with Gasteiger partial charge in [-0.15, -0.1) is 0 Å². The zero-order valence-electron chi connectivity index (χ0n) is 15.3. The third-order valence-corrected chi connectivity index (χ3v) is 4.77. The minimum Gasteiger partial charge on any atom is -0.395 e. The average molecular weight is 381 g/mol. The van der Waals surface area contributed by atoms with Crippen molar-refractivity contribution in [2.75, 3.05) is 31.1 Å². The molecule has 0 spiro atoms. The topological polar surface area (TPSA) is 97.7 Å². The van der Waals surface area contributed by atoms with Crippen molar-refractivity contribution in [3.05, 3.63) is 70.2 Å². The van der Waals surface area contributed by atoms with Crippen molar-refractivity contribution in [1.82, 2.24) is 14.5 Å². The number of carbonyl (C=O) groups is 1. The standard InChI is InChI=1S/C19H19N5O4/c1-14-2-4-15(5-3-14)23-9-8-20-19(23)22-12-10-21(11-13-22)18(25)16-6-7-17(28-16)24(26)27/h2-9H,10-13H2,1H3. The van der Waals surface area contributed by atoms with Crippen molar-refractivity contribution in [1.29, 1.82) is 0 Å². The van der Waals surface area contributed by atoms with Gasteiger partial charge in [0.2, 0.25) is 5.95 Å². The summed E-state index contributed by atoms with van der Waals surface area (Å²) in [5.41, 5.74) is 2.22. The zero-order valence-corrected chi connectivity index (χ0v) is 15.3. The number of anilines is 1. The van der Waals surface area contributed by atoms with Crippen molar-refractivity contribution in [3.8, 4) is 5.69 Å². The van der Waals surface area contributed by atoms with E-state index in [1.807, 2.05) is 29.8 Å². The summed E-state index contributed by atoms with van der Waals surface area (Å²) in [6, 6.07) is 10.7. The smallest absolute Gasteiger partial charge is 0.395 e. The Bertz CT molecular complexity index is 1000. The van der Waals surface area contributed by atoms with Crippen LogP contribution in [-0.4, -0.2) is 51.5 Å². The molecule has 144 valence electrons. The highest BCUT2D eigenvalue weighted by molar-refractivity contribution is 5.92. The quantitative estimate of drug-likeness (QED) is 0.509. The molecule has 0 N–H and O–H groups in total. The number of aryl methyl sites for hydroxylation is 1. The van der Waals surface area contributed by atoms with E-state index >= 15 is 0 Å². The molecule has 2 aromatic heterocycles. The Kier molecular flexibility index (Phi) is 4.56.